The van der Waals surface area contributed by atoms with Crippen molar-refractivity contribution in [2.75, 3.05) is 24.6 Å². The molecule has 1 heterocycles. The Morgan fingerprint density at radius 2 is 2.31 bits per heavy atom. The van der Waals surface area contributed by atoms with E-state index in [1.807, 2.05) is 11.8 Å². The number of aliphatic hydroxyl groups is 1. The van der Waals surface area contributed by atoms with Gasteiger partial charge in [-0.2, -0.15) is 5.10 Å². The maximum absolute atomic E-state index is 8.98. The Labute approximate surface area is 94.6 Å². The second kappa shape index (κ2) is 6.02. The maximum atomic E-state index is 8.98. The van der Waals surface area contributed by atoms with E-state index in [4.69, 9.17) is 16.2 Å². The van der Waals surface area contributed by atoms with Crippen LogP contribution >= 0.6 is 0 Å². The van der Waals surface area contributed by atoms with Crippen LogP contribution in [0.25, 0.3) is 0 Å². The lowest BCUT2D eigenvalue weighted by Crippen LogP contribution is -2.31. The molecule has 0 saturated heterocycles. The van der Waals surface area contributed by atoms with Crippen LogP contribution in [-0.2, 0) is 0 Å². The third kappa shape index (κ3) is 2.90. The summed E-state index contributed by atoms with van der Waals surface area (Å²) in [6, 6.07) is 1.66. The SMILES string of the molecule is CCCN(CCO)c1nnccc1C(=N)N. The van der Waals surface area contributed by atoms with Gasteiger partial charge in [0.1, 0.15) is 5.84 Å². The molecule has 0 atom stereocenters. The summed E-state index contributed by atoms with van der Waals surface area (Å²) in [4.78, 5) is 1.88. The Morgan fingerprint density at radius 3 is 2.88 bits per heavy atom. The van der Waals surface area contributed by atoms with Crippen molar-refractivity contribution in [3.8, 4) is 0 Å². The number of aliphatic hydroxyl groups excluding tert-OH is 1. The van der Waals surface area contributed by atoms with E-state index in [9.17, 15) is 0 Å². The van der Waals surface area contributed by atoms with Gasteiger partial charge in [0, 0.05) is 13.1 Å². The number of hydrogen-bond acceptors (Lipinski definition) is 5. The molecule has 1 aromatic rings. The molecule has 16 heavy (non-hydrogen) atoms. The van der Waals surface area contributed by atoms with Gasteiger partial charge in [-0.1, -0.05) is 6.92 Å². The fourth-order valence-electron chi connectivity index (χ4n) is 1.48. The molecule has 0 aliphatic rings. The first-order valence-electron chi connectivity index (χ1n) is 5.22. The third-order valence-corrected chi connectivity index (χ3v) is 2.15. The van der Waals surface area contributed by atoms with Gasteiger partial charge in [0.05, 0.1) is 18.4 Å². The summed E-state index contributed by atoms with van der Waals surface area (Å²) < 4.78 is 0. The molecular formula is C10H17N5O. The Balaban J connectivity index is 3.02. The number of rotatable bonds is 6. The van der Waals surface area contributed by atoms with Crippen molar-refractivity contribution in [2.45, 2.75) is 13.3 Å². The van der Waals surface area contributed by atoms with Crippen molar-refractivity contribution in [1.29, 1.82) is 5.41 Å². The molecule has 0 saturated carbocycles. The Bertz CT molecular complexity index is 349. The van der Waals surface area contributed by atoms with E-state index in [-0.39, 0.29) is 12.4 Å². The van der Waals surface area contributed by atoms with Crippen LogP contribution in [0, 0.1) is 5.41 Å². The molecule has 0 aliphatic heterocycles. The zero-order valence-electron chi connectivity index (χ0n) is 9.35. The molecule has 0 radical (unpaired) electrons. The molecule has 0 aliphatic carbocycles. The van der Waals surface area contributed by atoms with Crippen molar-refractivity contribution in [3.05, 3.63) is 17.8 Å². The minimum Gasteiger partial charge on any atom is -0.395 e. The van der Waals surface area contributed by atoms with Crippen molar-refractivity contribution in [3.63, 3.8) is 0 Å². The van der Waals surface area contributed by atoms with E-state index >= 15 is 0 Å². The normalized spacial score (nSPS) is 10.1. The number of nitrogens with one attached hydrogen (secondary N) is 1. The Hall–Kier alpha value is -1.69. The predicted octanol–water partition coefficient (Wildman–Crippen LogP) is -0.0306. The van der Waals surface area contributed by atoms with Crippen molar-refractivity contribution < 1.29 is 5.11 Å². The van der Waals surface area contributed by atoms with E-state index in [2.05, 4.69) is 10.2 Å². The van der Waals surface area contributed by atoms with Gasteiger partial charge in [0.15, 0.2) is 5.82 Å². The molecule has 1 aromatic heterocycles. The molecule has 0 fully saturated rings. The van der Waals surface area contributed by atoms with E-state index in [1.54, 1.807) is 6.07 Å². The van der Waals surface area contributed by atoms with E-state index in [0.717, 1.165) is 13.0 Å². The average molecular weight is 223 g/mol. The van der Waals surface area contributed by atoms with Gasteiger partial charge in [-0.3, -0.25) is 5.41 Å². The lowest BCUT2D eigenvalue weighted by molar-refractivity contribution is 0.301. The largest absolute Gasteiger partial charge is 0.395 e. The quantitative estimate of drug-likeness (QED) is 0.464. The first kappa shape index (κ1) is 12.4. The molecular weight excluding hydrogens is 206 g/mol. The number of amidine groups is 1. The van der Waals surface area contributed by atoms with Crippen molar-refractivity contribution in [2.24, 2.45) is 5.73 Å². The van der Waals surface area contributed by atoms with Crippen LogP contribution in [0.5, 0.6) is 0 Å². The third-order valence-electron chi connectivity index (χ3n) is 2.15. The molecule has 0 aromatic carbocycles. The minimum absolute atomic E-state index is 0.0356. The molecule has 88 valence electrons. The Kier molecular flexibility index (Phi) is 4.65. The summed E-state index contributed by atoms with van der Waals surface area (Å²) in [7, 11) is 0. The molecule has 4 N–H and O–H groups in total. The highest BCUT2D eigenvalue weighted by atomic mass is 16.3. The molecule has 6 nitrogen and oxygen atoms in total. The first-order valence-corrected chi connectivity index (χ1v) is 5.22. The highest BCUT2D eigenvalue weighted by Crippen LogP contribution is 2.15. The van der Waals surface area contributed by atoms with Gasteiger partial charge in [0.2, 0.25) is 0 Å². The van der Waals surface area contributed by atoms with Crippen LogP contribution in [0.3, 0.4) is 0 Å². The monoisotopic (exact) mass is 223 g/mol. The highest BCUT2D eigenvalue weighted by Gasteiger charge is 2.13. The van der Waals surface area contributed by atoms with Gasteiger partial charge in [-0.25, -0.2) is 0 Å². The van der Waals surface area contributed by atoms with Gasteiger partial charge in [-0.15, -0.1) is 5.10 Å². The molecule has 0 amide bonds. The van der Waals surface area contributed by atoms with E-state index < -0.39 is 0 Å². The summed E-state index contributed by atoms with van der Waals surface area (Å²) in [5, 5.41) is 24.2. The lowest BCUT2D eigenvalue weighted by atomic mass is 10.2. The summed E-state index contributed by atoms with van der Waals surface area (Å²) in [6.07, 6.45) is 2.43. The fraction of sp³-hybridized carbons (Fsp3) is 0.500. The molecule has 0 unspecified atom stereocenters. The molecule has 0 bridgehead atoms. The van der Waals surface area contributed by atoms with Crippen molar-refractivity contribution in [1.82, 2.24) is 10.2 Å². The summed E-state index contributed by atoms with van der Waals surface area (Å²) in [5.41, 5.74) is 6.02. The Morgan fingerprint density at radius 1 is 1.56 bits per heavy atom. The number of hydrogen-bond donors (Lipinski definition) is 3. The zero-order chi connectivity index (χ0) is 12.0. The maximum Gasteiger partial charge on any atom is 0.162 e. The first-order chi connectivity index (χ1) is 7.70. The zero-order valence-corrected chi connectivity index (χ0v) is 9.35. The lowest BCUT2D eigenvalue weighted by Gasteiger charge is -2.23. The molecule has 0 spiro atoms. The van der Waals surface area contributed by atoms with Crippen LogP contribution in [0.2, 0.25) is 0 Å². The number of nitrogens with two attached hydrogens (primary N) is 1. The summed E-state index contributed by atoms with van der Waals surface area (Å²) in [6.45, 7) is 3.29. The second-order valence-corrected chi connectivity index (χ2v) is 3.39. The van der Waals surface area contributed by atoms with Gasteiger partial charge in [-0.05, 0) is 12.5 Å². The molecule has 6 heteroatoms. The average Bonchev–Trinajstić information content (AvgIpc) is 2.29. The summed E-state index contributed by atoms with van der Waals surface area (Å²) >= 11 is 0. The van der Waals surface area contributed by atoms with Crippen LogP contribution in [0.15, 0.2) is 12.3 Å². The van der Waals surface area contributed by atoms with E-state index in [1.165, 1.54) is 6.20 Å². The van der Waals surface area contributed by atoms with Crippen molar-refractivity contribution >= 4 is 11.7 Å². The smallest absolute Gasteiger partial charge is 0.162 e. The van der Waals surface area contributed by atoms with Crippen LogP contribution in [0.4, 0.5) is 5.82 Å². The minimum atomic E-state index is -0.0380. The second-order valence-electron chi connectivity index (χ2n) is 3.39. The standard InChI is InChI=1S/C10H17N5O/c1-2-5-15(6-7-16)10-8(9(11)12)3-4-13-14-10/h3-4,16H,2,5-7H2,1H3,(H3,11,12). The van der Waals surface area contributed by atoms with Crippen LogP contribution in [0.1, 0.15) is 18.9 Å². The van der Waals surface area contributed by atoms with Crippen LogP contribution < -0.4 is 10.6 Å². The number of nitrogen functional groups attached to an aromatic ring is 1. The van der Waals surface area contributed by atoms with Gasteiger partial charge >= 0.3 is 0 Å². The number of aromatic nitrogens is 2. The number of nitrogens with zero attached hydrogens (tertiary/aromatic N) is 3. The topological polar surface area (TPSA) is 99.1 Å². The fourth-order valence-corrected chi connectivity index (χ4v) is 1.48. The van der Waals surface area contributed by atoms with Crippen LogP contribution in [-0.4, -0.2) is 40.8 Å². The highest BCUT2D eigenvalue weighted by molar-refractivity contribution is 5.99. The van der Waals surface area contributed by atoms with E-state index in [0.29, 0.717) is 17.9 Å². The van der Waals surface area contributed by atoms with Gasteiger partial charge in [0.25, 0.3) is 0 Å². The summed E-state index contributed by atoms with van der Waals surface area (Å²) in [5.74, 6) is 0.523. The van der Waals surface area contributed by atoms with Gasteiger partial charge < -0.3 is 15.7 Å². The predicted molar refractivity (Wildman–Crippen MR) is 62.6 cm³/mol. The number of anilines is 1. The molecule has 1 rings (SSSR count).